The van der Waals surface area contributed by atoms with Gasteiger partial charge in [-0.2, -0.15) is 0 Å². The first-order chi connectivity index (χ1) is 19.4. The van der Waals surface area contributed by atoms with Gasteiger partial charge in [-0.15, -0.1) is 0 Å². The number of hydrogen-bond donors (Lipinski definition) is 1. The molecule has 2 N–H and O–H groups in total. The van der Waals surface area contributed by atoms with Gasteiger partial charge in [0.15, 0.2) is 23.1 Å². The van der Waals surface area contributed by atoms with E-state index in [2.05, 4.69) is 25.7 Å². The third-order valence-electron chi connectivity index (χ3n) is 7.45. The number of amides is 1. The number of nitrogens with zero attached hydrogens (tertiary/aromatic N) is 3. The number of piperazine rings is 1. The van der Waals surface area contributed by atoms with Crippen molar-refractivity contribution < 1.29 is 28.2 Å². The quantitative estimate of drug-likeness (QED) is 0.362. The molecule has 0 aliphatic carbocycles. The maximum absolute atomic E-state index is 15.6. The summed E-state index contributed by atoms with van der Waals surface area (Å²) in [6.07, 6.45) is 1.67. The molecule has 1 aliphatic heterocycles. The van der Waals surface area contributed by atoms with Crippen molar-refractivity contribution in [1.82, 2.24) is 9.47 Å². The second-order valence-electron chi connectivity index (χ2n) is 11.2. The van der Waals surface area contributed by atoms with E-state index in [1.54, 1.807) is 37.8 Å². The third-order valence-corrected chi connectivity index (χ3v) is 7.45. The number of ether oxygens (including phenoxy) is 3. The number of carbonyl (C=O) groups is 2. The molecule has 1 saturated heterocycles. The van der Waals surface area contributed by atoms with Crippen LogP contribution in [0.3, 0.4) is 0 Å². The maximum atomic E-state index is 15.6. The zero-order chi connectivity index (χ0) is 30.1. The van der Waals surface area contributed by atoms with Gasteiger partial charge in [0.25, 0.3) is 0 Å². The number of fused-ring (bicyclic) bond motifs is 1. The monoisotopic (exact) mass is 568 g/mol. The Kier molecular flexibility index (Phi) is 8.70. The van der Waals surface area contributed by atoms with Gasteiger partial charge in [-0.3, -0.25) is 9.59 Å². The molecule has 10 heteroatoms. The van der Waals surface area contributed by atoms with Crippen molar-refractivity contribution in [3.05, 3.63) is 41.3 Å². The van der Waals surface area contributed by atoms with Crippen molar-refractivity contribution in [2.75, 3.05) is 57.1 Å². The second kappa shape index (κ2) is 11.9. The Labute approximate surface area is 240 Å². The largest absolute Gasteiger partial charge is 0.494 e. The van der Waals surface area contributed by atoms with E-state index in [4.69, 9.17) is 19.9 Å². The van der Waals surface area contributed by atoms with E-state index in [1.165, 1.54) is 0 Å². The summed E-state index contributed by atoms with van der Waals surface area (Å²) in [5, 5.41) is 0.715. The van der Waals surface area contributed by atoms with Gasteiger partial charge in [0.05, 0.1) is 37.9 Å². The van der Waals surface area contributed by atoms with Gasteiger partial charge in [0.2, 0.25) is 5.91 Å². The summed E-state index contributed by atoms with van der Waals surface area (Å²) < 4.78 is 34.2. The van der Waals surface area contributed by atoms with E-state index in [0.29, 0.717) is 55.2 Å². The summed E-state index contributed by atoms with van der Waals surface area (Å²) in [6.45, 7) is 14.3. The highest BCUT2D eigenvalue weighted by Crippen LogP contribution is 2.42. The van der Waals surface area contributed by atoms with Crippen LogP contribution in [0.15, 0.2) is 24.4 Å². The Bertz CT molecular complexity index is 1450. The van der Waals surface area contributed by atoms with E-state index in [1.807, 2.05) is 24.0 Å². The lowest BCUT2D eigenvalue weighted by Gasteiger charge is -2.37. The minimum atomic E-state index is -0.608. The molecule has 0 bridgehead atoms. The minimum absolute atomic E-state index is 0.0112. The van der Waals surface area contributed by atoms with Gasteiger partial charge in [-0.05, 0) is 37.5 Å². The number of nitrogens with two attached hydrogens (primary N) is 1. The predicted molar refractivity (Wildman–Crippen MR) is 159 cm³/mol. The van der Waals surface area contributed by atoms with Crippen LogP contribution >= 0.6 is 0 Å². The summed E-state index contributed by atoms with van der Waals surface area (Å²) in [6, 6.07) is 5.41. The standard InChI is InChI=1S/C31H41FN4O5/c1-8-40-25-16-21-17-36(30(33)26(21)27(32)29(25)41-9-2)18-24(38)20-14-22(31(4,5)6)28(39-7)23(15-20)35-12-10-34(11-13-35)19(3)37/h14-17H,8-13,18,33H2,1-7H3. The van der Waals surface area contributed by atoms with E-state index in [0.717, 1.165) is 11.3 Å². The van der Waals surface area contributed by atoms with Crippen LogP contribution in [-0.2, 0) is 16.8 Å². The smallest absolute Gasteiger partial charge is 0.219 e. The number of aromatic nitrogens is 1. The van der Waals surface area contributed by atoms with Crippen molar-refractivity contribution in [3.63, 3.8) is 0 Å². The molecular weight excluding hydrogens is 527 g/mol. The lowest BCUT2D eigenvalue weighted by molar-refractivity contribution is -0.129. The van der Waals surface area contributed by atoms with Gasteiger partial charge in [-0.1, -0.05) is 20.8 Å². The average molecular weight is 569 g/mol. The number of rotatable bonds is 9. The molecule has 0 saturated carbocycles. The number of methoxy groups -OCH3 is 1. The van der Waals surface area contributed by atoms with Crippen LogP contribution in [0.25, 0.3) is 10.8 Å². The first kappa shape index (κ1) is 30.0. The number of anilines is 2. The molecule has 41 heavy (non-hydrogen) atoms. The highest BCUT2D eigenvalue weighted by molar-refractivity contribution is 6.00. The van der Waals surface area contributed by atoms with Crippen LogP contribution in [0.1, 0.15) is 57.5 Å². The van der Waals surface area contributed by atoms with Crippen LogP contribution in [0.2, 0.25) is 0 Å². The van der Waals surface area contributed by atoms with E-state index in [-0.39, 0.29) is 47.2 Å². The number of Topliss-reactive ketones (excluding diaryl/α,β-unsaturated/α-hetero) is 1. The number of hydrogen-bond acceptors (Lipinski definition) is 7. The molecule has 222 valence electrons. The fraction of sp³-hybridized carbons (Fsp3) is 0.484. The topological polar surface area (TPSA) is 99.3 Å². The summed E-state index contributed by atoms with van der Waals surface area (Å²) in [4.78, 5) is 29.6. The number of halogens is 1. The molecule has 1 fully saturated rings. The first-order valence-corrected chi connectivity index (χ1v) is 14.0. The fourth-order valence-electron chi connectivity index (χ4n) is 5.33. The molecule has 2 aromatic carbocycles. The van der Waals surface area contributed by atoms with Gasteiger partial charge in [-0.25, -0.2) is 4.39 Å². The second-order valence-corrected chi connectivity index (χ2v) is 11.2. The van der Waals surface area contributed by atoms with E-state index in [9.17, 15) is 9.59 Å². The predicted octanol–water partition coefficient (Wildman–Crippen LogP) is 5.02. The van der Waals surface area contributed by atoms with Gasteiger partial charge < -0.3 is 34.3 Å². The molecular formula is C31H41FN4O5. The number of benzene rings is 2. The van der Waals surface area contributed by atoms with Gasteiger partial charge in [0.1, 0.15) is 11.6 Å². The summed E-state index contributed by atoms with van der Waals surface area (Å²) in [5.74, 6) is 0.419. The molecule has 1 amide bonds. The number of carbonyl (C=O) groups excluding carboxylic acids is 2. The van der Waals surface area contributed by atoms with Crippen molar-refractivity contribution in [3.8, 4) is 17.2 Å². The summed E-state index contributed by atoms with van der Waals surface area (Å²) in [5.41, 5.74) is 8.30. The Hall–Kier alpha value is -3.95. The SMILES string of the molecule is CCOc1cc2cn(CC(=O)c3cc(N4CCN(C(C)=O)CC4)c(OC)c(C(C)(C)C)c3)c(N)c2c(F)c1OCC. The highest BCUT2D eigenvalue weighted by atomic mass is 19.1. The fourth-order valence-corrected chi connectivity index (χ4v) is 5.33. The molecule has 3 aromatic rings. The molecule has 0 unspecified atom stereocenters. The van der Waals surface area contributed by atoms with Crippen LogP contribution in [0.4, 0.5) is 15.9 Å². The van der Waals surface area contributed by atoms with Gasteiger partial charge >= 0.3 is 0 Å². The average Bonchev–Trinajstić information content (AvgIpc) is 3.24. The highest BCUT2D eigenvalue weighted by Gasteiger charge is 2.29. The number of ketones is 1. The summed E-state index contributed by atoms with van der Waals surface area (Å²) in [7, 11) is 1.63. The third kappa shape index (κ3) is 5.92. The maximum Gasteiger partial charge on any atom is 0.219 e. The van der Waals surface area contributed by atoms with E-state index < -0.39 is 5.82 Å². The molecule has 9 nitrogen and oxygen atoms in total. The zero-order valence-corrected chi connectivity index (χ0v) is 25.1. The molecule has 2 heterocycles. The Morgan fingerprint density at radius 1 is 1.00 bits per heavy atom. The van der Waals surface area contributed by atoms with Crippen LogP contribution in [-0.4, -0.2) is 67.7 Å². The first-order valence-electron chi connectivity index (χ1n) is 14.0. The molecule has 4 rings (SSSR count). The molecule has 1 aromatic heterocycles. The molecule has 0 radical (unpaired) electrons. The van der Waals surface area contributed by atoms with Crippen LogP contribution in [0.5, 0.6) is 17.2 Å². The Morgan fingerprint density at radius 2 is 1.66 bits per heavy atom. The minimum Gasteiger partial charge on any atom is -0.494 e. The van der Waals surface area contributed by atoms with Gasteiger partial charge in [0, 0.05) is 55.8 Å². The van der Waals surface area contributed by atoms with E-state index >= 15 is 4.39 Å². The Balaban J connectivity index is 1.74. The van der Waals surface area contributed by atoms with Crippen LogP contribution < -0.4 is 24.8 Å². The van der Waals surface area contributed by atoms with Crippen LogP contribution in [0, 0.1) is 5.82 Å². The van der Waals surface area contributed by atoms with Crippen molar-refractivity contribution in [1.29, 1.82) is 0 Å². The van der Waals surface area contributed by atoms with Crippen molar-refractivity contribution >= 4 is 34.0 Å². The van der Waals surface area contributed by atoms with Crippen molar-refractivity contribution in [2.45, 2.75) is 53.5 Å². The number of nitrogen functional groups attached to an aromatic ring is 1. The molecule has 0 spiro atoms. The Morgan fingerprint density at radius 3 is 2.22 bits per heavy atom. The molecule has 0 atom stereocenters. The lowest BCUT2D eigenvalue weighted by Crippen LogP contribution is -2.48. The summed E-state index contributed by atoms with van der Waals surface area (Å²) >= 11 is 0. The lowest BCUT2D eigenvalue weighted by atomic mass is 9.84. The van der Waals surface area contributed by atoms with Crippen molar-refractivity contribution in [2.24, 2.45) is 0 Å². The normalized spacial score (nSPS) is 14.0. The zero-order valence-electron chi connectivity index (χ0n) is 25.1. The molecule has 1 aliphatic rings.